The molecule has 1 unspecified atom stereocenters. The molecule has 0 bridgehead atoms. The Morgan fingerprint density at radius 2 is 2.25 bits per heavy atom. The van der Waals surface area contributed by atoms with Gasteiger partial charge in [0.15, 0.2) is 0 Å². The summed E-state index contributed by atoms with van der Waals surface area (Å²) in [5.74, 6) is 0.672. The number of hydrogen-bond acceptors (Lipinski definition) is 2. The molecule has 4 heteroatoms. The van der Waals surface area contributed by atoms with E-state index in [0.717, 1.165) is 32.6 Å². The second-order valence-corrected chi connectivity index (χ2v) is 5.27. The molecule has 4 nitrogen and oxygen atoms in total. The molecule has 92 valence electrons. The van der Waals surface area contributed by atoms with Crippen molar-refractivity contribution >= 4 is 6.03 Å². The summed E-state index contributed by atoms with van der Waals surface area (Å²) < 4.78 is 0. The summed E-state index contributed by atoms with van der Waals surface area (Å²) in [7, 11) is 0. The van der Waals surface area contributed by atoms with E-state index >= 15 is 0 Å². The van der Waals surface area contributed by atoms with E-state index in [4.69, 9.17) is 0 Å². The maximum Gasteiger partial charge on any atom is 0.317 e. The average molecular weight is 225 g/mol. The number of nitrogens with zero attached hydrogens (tertiary/aromatic N) is 2. The zero-order valence-electron chi connectivity index (χ0n) is 10.4. The van der Waals surface area contributed by atoms with Crippen molar-refractivity contribution in [3.8, 4) is 0 Å². The smallest absolute Gasteiger partial charge is 0.317 e. The van der Waals surface area contributed by atoms with Gasteiger partial charge in [0.1, 0.15) is 0 Å². The predicted octanol–water partition coefficient (Wildman–Crippen LogP) is 1.13. The molecule has 1 atom stereocenters. The van der Waals surface area contributed by atoms with Crippen molar-refractivity contribution in [2.45, 2.75) is 32.7 Å². The normalized spacial score (nSPS) is 27.6. The lowest BCUT2D eigenvalue weighted by Gasteiger charge is -2.30. The van der Waals surface area contributed by atoms with Crippen LogP contribution in [0.3, 0.4) is 0 Å². The van der Waals surface area contributed by atoms with Gasteiger partial charge in [0, 0.05) is 32.2 Å². The molecule has 0 aromatic heterocycles. The van der Waals surface area contributed by atoms with Gasteiger partial charge in [0.25, 0.3) is 0 Å². The summed E-state index contributed by atoms with van der Waals surface area (Å²) in [5.41, 5.74) is 0. The topological polar surface area (TPSA) is 35.6 Å². The number of carbonyl (C=O) groups is 1. The Kier molecular flexibility index (Phi) is 3.69. The minimum absolute atomic E-state index is 0.134. The fraction of sp³-hybridized carbons (Fsp3) is 0.917. The second kappa shape index (κ2) is 5.04. The van der Waals surface area contributed by atoms with Crippen molar-refractivity contribution in [2.24, 2.45) is 5.92 Å². The summed E-state index contributed by atoms with van der Waals surface area (Å²) >= 11 is 0. The first-order chi connectivity index (χ1) is 7.66. The zero-order chi connectivity index (χ0) is 11.5. The number of urea groups is 1. The van der Waals surface area contributed by atoms with E-state index in [9.17, 15) is 4.79 Å². The van der Waals surface area contributed by atoms with Gasteiger partial charge in [-0.05, 0) is 39.2 Å². The standard InChI is InChI=1S/C12H23N3O/c1-10(2)14-7-4-11(8-14)9-15-6-3-5-13-12(15)16/h10-11H,3-9H2,1-2H3,(H,13,16). The van der Waals surface area contributed by atoms with Gasteiger partial charge in [-0.25, -0.2) is 4.79 Å². The van der Waals surface area contributed by atoms with Crippen LogP contribution >= 0.6 is 0 Å². The van der Waals surface area contributed by atoms with Crippen LogP contribution in [-0.2, 0) is 0 Å². The molecule has 0 saturated carbocycles. The number of nitrogens with one attached hydrogen (secondary N) is 1. The molecule has 2 aliphatic rings. The van der Waals surface area contributed by atoms with Crippen molar-refractivity contribution in [3.05, 3.63) is 0 Å². The third-order valence-corrected chi connectivity index (χ3v) is 3.69. The fourth-order valence-electron chi connectivity index (χ4n) is 2.65. The molecular weight excluding hydrogens is 202 g/mol. The molecular formula is C12H23N3O. The third-order valence-electron chi connectivity index (χ3n) is 3.69. The highest BCUT2D eigenvalue weighted by molar-refractivity contribution is 5.74. The number of likely N-dealkylation sites (tertiary alicyclic amines) is 1. The summed E-state index contributed by atoms with van der Waals surface area (Å²) in [6.45, 7) is 9.56. The first-order valence-corrected chi connectivity index (χ1v) is 6.43. The molecule has 16 heavy (non-hydrogen) atoms. The molecule has 0 aromatic rings. The van der Waals surface area contributed by atoms with Crippen LogP contribution in [0.5, 0.6) is 0 Å². The van der Waals surface area contributed by atoms with E-state index in [0.29, 0.717) is 12.0 Å². The molecule has 2 heterocycles. The van der Waals surface area contributed by atoms with E-state index in [-0.39, 0.29) is 6.03 Å². The maximum absolute atomic E-state index is 11.6. The van der Waals surface area contributed by atoms with E-state index < -0.39 is 0 Å². The van der Waals surface area contributed by atoms with Crippen LogP contribution in [0.1, 0.15) is 26.7 Å². The predicted molar refractivity (Wildman–Crippen MR) is 64.4 cm³/mol. The zero-order valence-corrected chi connectivity index (χ0v) is 10.4. The number of carbonyl (C=O) groups excluding carboxylic acids is 1. The summed E-state index contributed by atoms with van der Waals surface area (Å²) in [6, 6.07) is 0.773. The minimum Gasteiger partial charge on any atom is -0.338 e. The lowest BCUT2D eigenvalue weighted by atomic mass is 10.1. The second-order valence-electron chi connectivity index (χ2n) is 5.27. The Morgan fingerprint density at radius 1 is 1.44 bits per heavy atom. The van der Waals surface area contributed by atoms with Crippen molar-refractivity contribution in [2.75, 3.05) is 32.7 Å². The summed E-state index contributed by atoms with van der Waals surface area (Å²) in [5, 5.41) is 2.91. The van der Waals surface area contributed by atoms with Crippen LogP contribution in [0.15, 0.2) is 0 Å². The molecule has 0 spiro atoms. The highest BCUT2D eigenvalue weighted by Gasteiger charge is 2.28. The minimum atomic E-state index is 0.134. The number of hydrogen-bond donors (Lipinski definition) is 1. The van der Waals surface area contributed by atoms with Gasteiger partial charge in [-0.3, -0.25) is 0 Å². The third kappa shape index (κ3) is 2.67. The number of rotatable bonds is 3. The van der Waals surface area contributed by atoms with Crippen LogP contribution in [0.4, 0.5) is 4.79 Å². The first-order valence-electron chi connectivity index (χ1n) is 6.43. The Morgan fingerprint density at radius 3 is 2.88 bits per heavy atom. The van der Waals surface area contributed by atoms with Crippen LogP contribution in [0.2, 0.25) is 0 Å². The molecule has 0 radical (unpaired) electrons. The Hall–Kier alpha value is -0.770. The van der Waals surface area contributed by atoms with Gasteiger partial charge in [0.05, 0.1) is 0 Å². The van der Waals surface area contributed by atoms with Crippen LogP contribution in [0.25, 0.3) is 0 Å². The fourth-order valence-corrected chi connectivity index (χ4v) is 2.65. The highest BCUT2D eigenvalue weighted by Crippen LogP contribution is 2.20. The van der Waals surface area contributed by atoms with Crippen LogP contribution in [0, 0.1) is 5.92 Å². The van der Waals surface area contributed by atoms with Crippen LogP contribution in [-0.4, -0.2) is 54.6 Å². The molecule has 2 amide bonds. The molecule has 0 aliphatic carbocycles. The number of amides is 2. The molecule has 2 aliphatic heterocycles. The average Bonchev–Trinajstić information content (AvgIpc) is 2.70. The van der Waals surface area contributed by atoms with Gasteiger partial charge in [-0.15, -0.1) is 0 Å². The van der Waals surface area contributed by atoms with Gasteiger partial charge in [0.2, 0.25) is 0 Å². The van der Waals surface area contributed by atoms with Crippen molar-refractivity contribution < 1.29 is 4.79 Å². The first kappa shape index (κ1) is 11.7. The van der Waals surface area contributed by atoms with Gasteiger partial charge >= 0.3 is 6.03 Å². The van der Waals surface area contributed by atoms with Crippen molar-refractivity contribution in [3.63, 3.8) is 0 Å². The summed E-state index contributed by atoms with van der Waals surface area (Å²) in [6.07, 6.45) is 2.33. The van der Waals surface area contributed by atoms with E-state index in [2.05, 4.69) is 24.1 Å². The lowest BCUT2D eigenvalue weighted by Crippen LogP contribution is -2.48. The van der Waals surface area contributed by atoms with Crippen molar-refractivity contribution in [1.29, 1.82) is 0 Å². The van der Waals surface area contributed by atoms with Crippen molar-refractivity contribution in [1.82, 2.24) is 15.1 Å². The highest BCUT2D eigenvalue weighted by atomic mass is 16.2. The van der Waals surface area contributed by atoms with Gasteiger partial charge in [-0.2, -0.15) is 0 Å². The maximum atomic E-state index is 11.6. The van der Waals surface area contributed by atoms with E-state index in [1.54, 1.807) is 0 Å². The summed E-state index contributed by atoms with van der Waals surface area (Å²) in [4.78, 5) is 16.1. The molecule has 2 fully saturated rings. The largest absolute Gasteiger partial charge is 0.338 e. The quantitative estimate of drug-likeness (QED) is 0.781. The molecule has 2 saturated heterocycles. The SMILES string of the molecule is CC(C)N1CCC(CN2CCCNC2=O)C1. The Balaban J connectivity index is 1.80. The Labute approximate surface area is 98.0 Å². The molecule has 0 aromatic carbocycles. The molecule has 1 N–H and O–H groups in total. The lowest BCUT2D eigenvalue weighted by molar-refractivity contribution is 0.173. The van der Waals surface area contributed by atoms with E-state index in [1.165, 1.54) is 13.0 Å². The van der Waals surface area contributed by atoms with E-state index in [1.807, 2.05) is 4.90 Å². The molecule has 2 rings (SSSR count). The Bertz CT molecular complexity index is 255. The monoisotopic (exact) mass is 225 g/mol. The van der Waals surface area contributed by atoms with Gasteiger partial charge in [-0.1, -0.05) is 0 Å². The van der Waals surface area contributed by atoms with Gasteiger partial charge < -0.3 is 15.1 Å². The van der Waals surface area contributed by atoms with Crippen LogP contribution < -0.4 is 5.32 Å².